The zero-order valence-electron chi connectivity index (χ0n) is 5.86. The van der Waals surface area contributed by atoms with Gasteiger partial charge in [-0.15, -0.1) is 0 Å². The van der Waals surface area contributed by atoms with Gasteiger partial charge in [0.2, 0.25) is 13.3 Å². The van der Waals surface area contributed by atoms with Gasteiger partial charge >= 0.3 is 0 Å². The van der Waals surface area contributed by atoms with E-state index in [-0.39, 0.29) is 6.54 Å². The molecule has 11 heavy (non-hydrogen) atoms. The van der Waals surface area contributed by atoms with E-state index >= 15 is 0 Å². The Morgan fingerprint density at radius 1 is 1.64 bits per heavy atom. The van der Waals surface area contributed by atoms with E-state index in [4.69, 9.17) is 15.7 Å². The summed E-state index contributed by atoms with van der Waals surface area (Å²) in [6, 6.07) is 0. The lowest BCUT2D eigenvalue weighted by molar-refractivity contribution is -0.119. The third-order valence-corrected chi connectivity index (χ3v) is 2.02. The highest BCUT2D eigenvalue weighted by molar-refractivity contribution is 7.57. The minimum absolute atomic E-state index is 0.231. The number of amides is 1. The first kappa shape index (κ1) is 10.6. The second-order valence-corrected chi connectivity index (χ2v) is 4.24. The third kappa shape index (κ3) is 4.92. The maximum atomic E-state index is 10.7. The van der Waals surface area contributed by atoms with Crippen LogP contribution in [0.1, 0.15) is 0 Å². The molecule has 0 aliphatic rings. The van der Waals surface area contributed by atoms with Gasteiger partial charge in [-0.1, -0.05) is 0 Å². The Labute approximate surface area is 63.9 Å². The highest BCUT2D eigenvalue weighted by Crippen LogP contribution is 2.36. The SMILES string of the molecule is NCC(=O)NCP(=O)(O)CO. The predicted molar refractivity (Wildman–Crippen MR) is 39.0 cm³/mol. The van der Waals surface area contributed by atoms with Gasteiger partial charge in [-0.05, 0) is 0 Å². The fourth-order valence-electron chi connectivity index (χ4n) is 0.334. The Kier molecular flexibility index (Phi) is 4.29. The van der Waals surface area contributed by atoms with Crippen LogP contribution < -0.4 is 11.1 Å². The summed E-state index contributed by atoms with van der Waals surface area (Å²) in [5.41, 5.74) is 4.90. The molecule has 0 saturated carbocycles. The van der Waals surface area contributed by atoms with Gasteiger partial charge in [-0.3, -0.25) is 9.36 Å². The van der Waals surface area contributed by atoms with Gasteiger partial charge in [-0.2, -0.15) is 0 Å². The highest BCUT2D eigenvalue weighted by atomic mass is 31.2. The Morgan fingerprint density at radius 2 is 2.18 bits per heavy atom. The summed E-state index contributed by atoms with van der Waals surface area (Å²) in [4.78, 5) is 19.1. The summed E-state index contributed by atoms with van der Waals surface area (Å²) in [6.07, 6.45) is -1.27. The molecule has 0 aromatic heterocycles. The first-order chi connectivity index (χ1) is 5.02. The topological polar surface area (TPSA) is 113 Å². The van der Waals surface area contributed by atoms with Crippen LogP contribution in [0.25, 0.3) is 0 Å². The molecule has 0 aromatic carbocycles. The second kappa shape index (κ2) is 4.46. The molecule has 0 fully saturated rings. The fourth-order valence-corrected chi connectivity index (χ4v) is 0.857. The highest BCUT2D eigenvalue weighted by Gasteiger charge is 2.16. The first-order valence-electron chi connectivity index (χ1n) is 2.90. The average Bonchev–Trinajstić information content (AvgIpc) is 2.00. The van der Waals surface area contributed by atoms with Crippen LogP contribution in [-0.4, -0.2) is 35.1 Å². The van der Waals surface area contributed by atoms with Crippen LogP contribution in [0.4, 0.5) is 0 Å². The molecule has 6 nitrogen and oxygen atoms in total. The van der Waals surface area contributed by atoms with Crippen LogP contribution in [0.3, 0.4) is 0 Å². The van der Waals surface area contributed by atoms with Crippen LogP contribution in [0.5, 0.6) is 0 Å². The molecule has 0 aromatic rings. The van der Waals surface area contributed by atoms with Crippen molar-refractivity contribution in [1.29, 1.82) is 0 Å². The summed E-state index contributed by atoms with van der Waals surface area (Å²) >= 11 is 0. The van der Waals surface area contributed by atoms with Crippen molar-refractivity contribution in [2.24, 2.45) is 5.73 Å². The van der Waals surface area contributed by atoms with Crippen molar-refractivity contribution in [2.75, 3.05) is 19.2 Å². The predicted octanol–water partition coefficient (Wildman–Crippen LogP) is -1.76. The van der Waals surface area contributed by atoms with Gasteiger partial charge in [0.25, 0.3) is 0 Å². The molecule has 5 N–H and O–H groups in total. The molecule has 0 radical (unpaired) electrons. The van der Waals surface area contributed by atoms with E-state index in [1.807, 2.05) is 0 Å². The zero-order chi connectivity index (χ0) is 8.91. The van der Waals surface area contributed by atoms with Gasteiger partial charge in [0, 0.05) is 0 Å². The molecule has 0 bridgehead atoms. The van der Waals surface area contributed by atoms with Gasteiger partial charge in [0.1, 0.15) is 6.35 Å². The third-order valence-electron chi connectivity index (χ3n) is 0.930. The standard InChI is InChI=1S/C4H11N2O4P/c5-1-4(8)6-2-11(9,10)3-7/h7H,1-3,5H2,(H,6,8)(H,9,10). The Balaban J connectivity index is 3.70. The van der Waals surface area contributed by atoms with E-state index in [0.717, 1.165) is 0 Å². The lowest BCUT2D eigenvalue weighted by Gasteiger charge is -2.08. The number of carbonyl (C=O) groups is 1. The number of hydrogen-bond acceptors (Lipinski definition) is 4. The Morgan fingerprint density at radius 3 is 2.55 bits per heavy atom. The minimum atomic E-state index is -3.57. The summed E-state index contributed by atoms with van der Waals surface area (Å²) in [5.74, 6) is -0.521. The van der Waals surface area contributed by atoms with Crippen LogP contribution in [0.15, 0.2) is 0 Å². The quantitative estimate of drug-likeness (QED) is 0.385. The summed E-state index contributed by atoms with van der Waals surface area (Å²) in [5, 5.41) is 10.4. The van der Waals surface area contributed by atoms with Gasteiger partial charge < -0.3 is 21.1 Å². The number of aliphatic hydroxyl groups is 1. The molecule has 66 valence electrons. The number of nitrogens with two attached hydrogens (primary N) is 1. The monoisotopic (exact) mass is 182 g/mol. The maximum Gasteiger partial charge on any atom is 0.243 e. The van der Waals surface area contributed by atoms with Gasteiger partial charge in [0.15, 0.2) is 0 Å². The minimum Gasteiger partial charge on any atom is -0.386 e. The molecule has 0 saturated heterocycles. The van der Waals surface area contributed by atoms with Crippen molar-refractivity contribution in [3.05, 3.63) is 0 Å². The zero-order valence-corrected chi connectivity index (χ0v) is 6.75. The molecule has 0 heterocycles. The normalized spacial score (nSPS) is 15.5. The van der Waals surface area contributed by atoms with Crippen molar-refractivity contribution < 1.29 is 19.4 Å². The van der Waals surface area contributed by atoms with Crippen LogP contribution in [0, 0.1) is 0 Å². The lowest BCUT2D eigenvalue weighted by Crippen LogP contribution is -2.31. The molecule has 7 heteroatoms. The largest absolute Gasteiger partial charge is 0.386 e. The molecule has 0 aliphatic heterocycles. The van der Waals surface area contributed by atoms with E-state index in [9.17, 15) is 9.36 Å². The van der Waals surface area contributed by atoms with E-state index in [0.29, 0.717) is 0 Å². The molecule has 0 spiro atoms. The molecule has 0 rings (SSSR count). The van der Waals surface area contributed by atoms with Crippen molar-refractivity contribution in [3.8, 4) is 0 Å². The molecule has 1 amide bonds. The number of hydrogen-bond donors (Lipinski definition) is 4. The maximum absolute atomic E-state index is 10.7. The smallest absolute Gasteiger partial charge is 0.243 e. The lowest BCUT2D eigenvalue weighted by atomic mass is 10.6. The van der Waals surface area contributed by atoms with Crippen molar-refractivity contribution >= 4 is 13.3 Å². The summed E-state index contributed by atoms with van der Waals surface area (Å²) in [7, 11) is -3.57. The van der Waals surface area contributed by atoms with Gasteiger partial charge in [-0.25, -0.2) is 0 Å². The fraction of sp³-hybridized carbons (Fsp3) is 0.750. The molecule has 0 aliphatic carbocycles. The van der Waals surface area contributed by atoms with E-state index in [1.165, 1.54) is 0 Å². The molecule has 1 atom stereocenters. The summed E-state index contributed by atoms with van der Waals surface area (Å²) < 4.78 is 10.7. The summed E-state index contributed by atoms with van der Waals surface area (Å²) in [6.45, 7) is -0.231. The molecular weight excluding hydrogens is 171 g/mol. The van der Waals surface area contributed by atoms with Crippen LogP contribution >= 0.6 is 7.37 Å². The number of rotatable bonds is 4. The van der Waals surface area contributed by atoms with E-state index in [2.05, 4.69) is 5.32 Å². The number of carbonyl (C=O) groups excluding carboxylic acids is 1. The van der Waals surface area contributed by atoms with Crippen LogP contribution in [-0.2, 0) is 9.36 Å². The van der Waals surface area contributed by atoms with E-state index in [1.54, 1.807) is 0 Å². The van der Waals surface area contributed by atoms with Crippen molar-refractivity contribution in [2.45, 2.75) is 0 Å². The van der Waals surface area contributed by atoms with Crippen molar-refractivity contribution in [1.82, 2.24) is 5.32 Å². The molecular formula is C4H11N2O4P. The molecule has 1 unspecified atom stereocenters. The number of aliphatic hydroxyl groups excluding tert-OH is 1. The first-order valence-corrected chi connectivity index (χ1v) is 4.93. The Bertz CT molecular complexity index is 183. The number of nitrogens with one attached hydrogen (secondary N) is 1. The van der Waals surface area contributed by atoms with Gasteiger partial charge in [0.05, 0.1) is 12.8 Å². The Hall–Kier alpha value is -0.420. The van der Waals surface area contributed by atoms with E-state index < -0.39 is 25.9 Å². The second-order valence-electron chi connectivity index (χ2n) is 1.95. The van der Waals surface area contributed by atoms with Crippen LogP contribution in [0.2, 0.25) is 0 Å². The average molecular weight is 182 g/mol. The van der Waals surface area contributed by atoms with Crippen molar-refractivity contribution in [3.63, 3.8) is 0 Å².